The van der Waals surface area contributed by atoms with Crippen molar-refractivity contribution in [3.63, 3.8) is 0 Å². The van der Waals surface area contributed by atoms with Gasteiger partial charge in [0.1, 0.15) is 5.75 Å². The van der Waals surface area contributed by atoms with E-state index >= 15 is 0 Å². The van der Waals surface area contributed by atoms with Crippen molar-refractivity contribution in [2.75, 3.05) is 18.2 Å². The summed E-state index contributed by atoms with van der Waals surface area (Å²) in [5.74, 6) is -0.0821. The maximum atomic E-state index is 12.4. The zero-order chi connectivity index (χ0) is 20.3. The molecule has 2 amide bonds. The molecule has 148 valence electrons. The molecule has 3 rings (SSSR count). The number of hydrogen-bond acceptors (Lipinski definition) is 4. The Balaban J connectivity index is 1.52. The molecule has 0 saturated carbocycles. The van der Waals surface area contributed by atoms with Crippen molar-refractivity contribution in [1.29, 1.82) is 0 Å². The first kappa shape index (κ1) is 19.9. The Morgan fingerprint density at radius 3 is 2.00 bits per heavy atom. The summed E-state index contributed by atoms with van der Waals surface area (Å²) in [7, 11) is 0. The van der Waals surface area contributed by atoms with Crippen LogP contribution in [-0.2, 0) is 16.1 Å². The molecule has 0 heterocycles. The molecule has 0 atom stereocenters. The molecule has 3 aromatic carbocycles. The van der Waals surface area contributed by atoms with E-state index < -0.39 is 0 Å². The van der Waals surface area contributed by atoms with Gasteiger partial charge in [-0.25, -0.2) is 0 Å². The highest BCUT2D eigenvalue weighted by Crippen LogP contribution is 2.14. The molecule has 0 radical (unpaired) electrons. The molecule has 0 aliphatic heterocycles. The van der Waals surface area contributed by atoms with Crippen molar-refractivity contribution in [3.05, 3.63) is 96.6 Å². The SMILES string of the molecule is O=C(COc1ccccc1)NCC(=O)NN(Cc1ccccc1)c1ccccc1. The number of carbonyl (C=O) groups is 2. The first-order chi connectivity index (χ1) is 14.2. The summed E-state index contributed by atoms with van der Waals surface area (Å²) in [5.41, 5.74) is 4.75. The molecule has 29 heavy (non-hydrogen) atoms. The minimum atomic E-state index is -0.363. The summed E-state index contributed by atoms with van der Waals surface area (Å²) in [6, 6.07) is 28.4. The molecular formula is C23H23N3O3. The molecule has 0 aliphatic rings. The largest absolute Gasteiger partial charge is 0.484 e. The second-order valence-corrected chi connectivity index (χ2v) is 6.32. The number of nitrogens with zero attached hydrogens (tertiary/aromatic N) is 1. The molecule has 2 N–H and O–H groups in total. The van der Waals surface area contributed by atoms with Gasteiger partial charge in [-0.15, -0.1) is 0 Å². The molecule has 0 fully saturated rings. The summed E-state index contributed by atoms with van der Waals surface area (Å²) in [4.78, 5) is 24.3. The van der Waals surface area contributed by atoms with Crippen LogP contribution in [-0.4, -0.2) is 25.0 Å². The van der Waals surface area contributed by atoms with Crippen molar-refractivity contribution in [1.82, 2.24) is 10.7 Å². The molecule has 6 nitrogen and oxygen atoms in total. The molecule has 0 aromatic heterocycles. The van der Waals surface area contributed by atoms with Crippen LogP contribution in [0.25, 0.3) is 0 Å². The maximum absolute atomic E-state index is 12.4. The maximum Gasteiger partial charge on any atom is 0.258 e. The Bertz CT molecular complexity index is 902. The number of hydrogen-bond donors (Lipinski definition) is 2. The molecule has 3 aromatic rings. The van der Waals surface area contributed by atoms with Crippen LogP contribution in [0.1, 0.15) is 5.56 Å². The fourth-order valence-electron chi connectivity index (χ4n) is 2.65. The number of rotatable bonds is 9. The van der Waals surface area contributed by atoms with Gasteiger partial charge in [-0.1, -0.05) is 66.7 Å². The van der Waals surface area contributed by atoms with E-state index in [9.17, 15) is 9.59 Å². The van der Waals surface area contributed by atoms with Crippen molar-refractivity contribution in [2.45, 2.75) is 6.54 Å². The number of hydrazine groups is 1. The minimum absolute atomic E-state index is 0.144. The monoisotopic (exact) mass is 389 g/mol. The van der Waals surface area contributed by atoms with E-state index in [-0.39, 0.29) is 25.0 Å². The van der Waals surface area contributed by atoms with Crippen LogP contribution < -0.4 is 20.5 Å². The molecular weight excluding hydrogens is 366 g/mol. The van der Waals surface area contributed by atoms with Crippen LogP contribution in [0.4, 0.5) is 5.69 Å². The van der Waals surface area contributed by atoms with Crippen molar-refractivity contribution in [2.24, 2.45) is 0 Å². The van der Waals surface area contributed by atoms with Gasteiger partial charge in [0, 0.05) is 0 Å². The third-order valence-electron chi connectivity index (χ3n) is 4.07. The fraction of sp³-hybridized carbons (Fsp3) is 0.130. The Morgan fingerprint density at radius 2 is 1.34 bits per heavy atom. The molecule has 0 aliphatic carbocycles. The lowest BCUT2D eigenvalue weighted by Crippen LogP contribution is -2.47. The van der Waals surface area contributed by atoms with Crippen LogP contribution in [0.3, 0.4) is 0 Å². The van der Waals surface area contributed by atoms with Crippen LogP contribution >= 0.6 is 0 Å². The van der Waals surface area contributed by atoms with E-state index in [4.69, 9.17) is 4.74 Å². The van der Waals surface area contributed by atoms with E-state index in [1.54, 1.807) is 17.1 Å². The average molecular weight is 389 g/mol. The Hall–Kier alpha value is -3.80. The summed E-state index contributed by atoms with van der Waals surface area (Å²) in [6.07, 6.45) is 0. The second kappa shape index (κ2) is 10.5. The Labute approximate surface area is 170 Å². The van der Waals surface area contributed by atoms with Crippen LogP contribution in [0.2, 0.25) is 0 Å². The van der Waals surface area contributed by atoms with Crippen LogP contribution in [0.15, 0.2) is 91.0 Å². The van der Waals surface area contributed by atoms with Crippen LogP contribution in [0.5, 0.6) is 5.75 Å². The van der Waals surface area contributed by atoms with Crippen molar-refractivity contribution in [3.8, 4) is 5.75 Å². The molecule has 0 bridgehead atoms. The lowest BCUT2D eigenvalue weighted by Gasteiger charge is -2.25. The summed E-state index contributed by atoms with van der Waals surface area (Å²) in [6.45, 7) is 0.209. The standard InChI is InChI=1S/C23H23N3O3/c27-22(16-24-23(28)18-29-21-14-8-3-9-15-21)25-26(20-12-6-2-7-13-20)17-19-10-4-1-5-11-19/h1-15H,16-18H2,(H,24,28)(H,25,27). The summed E-state index contributed by atoms with van der Waals surface area (Å²) < 4.78 is 5.38. The minimum Gasteiger partial charge on any atom is -0.484 e. The zero-order valence-corrected chi connectivity index (χ0v) is 16.0. The molecule has 0 unspecified atom stereocenters. The van der Waals surface area contributed by atoms with E-state index in [1.165, 1.54) is 0 Å². The average Bonchev–Trinajstić information content (AvgIpc) is 2.78. The molecule has 0 spiro atoms. The number of carbonyl (C=O) groups excluding carboxylic acids is 2. The lowest BCUT2D eigenvalue weighted by atomic mass is 10.2. The van der Waals surface area contributed by atoms with Gasteiger partial charge in [0.05, 0.1) is 18.8 Å². The van der Waals surface area contributed by atoms with E-state index in [1.807, 2.05) is 78.9 Å². The molecule has 6 heteroatoms. The third kappa shape index (κ3) is 6.70. The third-order valence-corrected chi connectivity index (χ3v) is 4.07. The van der Waals surface area contributed by atoms with Gasteiger partial charge in [-0.3, -0.25) is 20.0 Å². The van der Waals surface area contributed by atoms with Gasteiger partial charge in [0.2, 0.25) is 0 Å². The zero-order valence-electron chi connectivity index (χ0n) is 16.0. The first-order valence-electron chi connectivity index (χ1n) is 9.31. The van der Waals surface area contributed by atoms with Crippen LogP contribution in [0, 0.1) is 0 Å². The van der Waals surface area contributed by atoms with E-state index in [0.29, 0.717) is 12.3 Å². The van der Waals surface area contributed by atoms with Crippen molar-refractivity contribution < 1.29 is 14.3 Å². The predicted molar refractivity (Wildman–Crippen MR) is 112 cm³/mol. The predicted octanol–water partition coefficient (Wildman–Crippen LogP) is 2.92. The number of anilines is 1. The quantitative estimate of drug-likeness (QED) is 0.552. The van der Waals surface area contributed by atoms with Gasteiger partial charge in [-0.2, -0.15) is 0 Å². The number of amides is 2. The number of benzene rings is 3. The first-order valence-corrected chi connectivity index (χ1v) is 9.31. The van der Waals surface area contributed by atoms with Gasteiger partial charge < -0.3 is 10.1 Å². The van der Waals surface area contributed by atoms with E-state index in [0.717, 1.165) is 11.3 Å². The highest BCUT2D eigenvalue weighted by Gasteiger charge is 2.12. The van der Waals surface area contributed by atoms with Gasteiger partial charge in [0.15, 0.2) is 6.61 Å². The molecule has 0 saturated heterocycles. The fourth-order valence-corrected chi connectivity index (χ4v) is 2.65. The lowest BCUT2D eigenvalue weighted by molar-refractivity contribution is -0.127. The summed E-state index contributed by atoms with van der Waals surface area (Å²) in [5, 5.41) is 4.32. The normalized spacial score (nSPS) is 10.1. The number of ether oxygens (including phenoxy) is 1. The Kier molecular flexibility index (Phi) is 7.23. The van der Waals surface area contributed by atoms with Crippen molar-refractivity contribution >= 4 is 17.5 Å². The van der Waals surface area contributed by atoms with Gasteiger partial charge >= 0.3 is 0 Å². The smallest absolute Gasteiger partial charge is 0.258 e. The van der Waals surface area contributed by atoms with Gasteiger partial charge in [0.25, 0.3) is 11.8 Å². The van der Waals surface area contributed by atoms with E-state index in [2.05, 4.69) is 10.7 Å². The summed E-state index contributed by atoms with van der Waals surface area (Å²) >= 11 is 0. The Morgan fingerprint density at radius 1 is 0.759 bits per heavy atom. The second-order valence-electron chi connectivity index (χ2n) is 6.32. The number of nitrogens with one attached hydrogen (secondary N) is 2. The topological polar surface area (TPSA) is 70.7 Å². The highest BCUT2D eigenvalue weighted by atomic mass is 16.5. The number of para-hydroxylation sites is 2. The van der Waals surface area contributed by atoms with Gasteiger partial charge in [-0.05, 0) is 29.8 Å². The highest BCUT2D eigenvalue weighted by molar-refractivity contribution is 5.86.